The van der Waals surface area contributed by atoms with E-state index in [9.17, 15) is 19.8 Å². The number of fused-ring (bicyclic) bond motifs is 2. The molecule has 1 aromatic heterocycles. The first-order valence-corrected chi connectivity index (χ1v) is 11.6. The predicted octanol–water partition coefficient (Wildman–Crippen LogP) is 4.04. The van der Waals surface area contributed by atoms with E-state index in [-0.39, 0.29) is 29.9 Å². The fourth-order valence-electron chi connectivity index (χ4n) is 3.71. The highest BCUT2D eigenvalue weighted by Gasteiger charge is 2.28. The van der Waals surface area contributed by atoms with Crippen LogP contribution in [0.3, 0.4) is 0 Å². The van der Waals surface area contributed by atoms with Gasteiger partial charge in [0.15, 0.2) is 0 Å². The van der Waals surface area contributed by atoms with Gasteiger partial charge in [-0.05, 0) is 43.3 Å². The van der Waals surface area contributed by atoms with Gasteiger partial charge < -0.3 is 26.6 Å². The van der Waals surface area contributed by atoms with Crippen molar-refractivity contribution in [2.45, 2.75) is 19.1 Å². The molecule has 3 amide bonds. The minimum absolute atomic E-state index is 0.0949. The number of nitrogens with zero attached hydrogens (tertiary/aromatic N) is 4. The zero-order valence-corrected chi connectivity index (χ0v) is 20.6. The number of aliphatic imine (C=N–C) groups is 1. The second-order valence-corrected chi connectivity index (χ2v) is 8.88. The SMILES string of the molecule is CC1Nc2cc(O)c(N=NC(N)=O)cc2C1O.O=C1CN=C(c2ccccn2)c2cc(Br)ccc2N1. The standard InChI is InChI=1S/C14H10BrN3O.C10H12N4O3/c15-9-4-5-11-10(7-9)14(17-8-13(19)18-11)12-3-1-2-6-16-12;1-4-9(16)5-2-7(13-14-10(11)17)8(15)3-6(5)12-4/h1-7H,8H2,(H,18,19);2-4,9,12,15-16H,1H3,(H2,11,17). The molecule has 2 aromatic carbocycles. The average Bonchev–Trinajstić information content (AvgIpc) is 3.01. The summed E-state index contributed by atoms with van der Waals surface area (Å²) in [7, 11) is 0. The normalized spacial score (nSPS) is 18.1. The van der Waals surface area contributed by atoms with Crippen molar-refractivity contribution in [3.05, 3.63) is 76.0 Å². The number of aliphatic hydroxyl groups is 1. The van der Waals surface area contributed by atoms with Crippen molar-refractivity contribution in [3.63, 3.8) is 0 Å². The number of urea groups is 1. The van der Waals surface area contributed by atoms with E-state index in [1.54, 1.807) is 6.20 Å². The zero-order chi connectivity index (χ0) is 25.8. The topological polar surface area (TPSA) is 175 Å². The van der Waals surface area contributed by atoms with Crippen molar-refractivity contribution >= 4 is 50.6 Å². The summed E-state index contributed by atoms with van der Waals surface area (Å²) in [6.07, 6.45) is 1.03. The molecule has 0 spiro atoms. The highest BCUT2D eigenvalue weighted by atomic mass is 79.9. The van der Waals surface area contributed by atoms with Crippen LogP contribution in [0.4, 0.5) is 21.9 Å². The Bertz CT molecular complexity index is 1380. The van der Waals surface area contributed by atoms with Crippen molar-refractivity contribution in [2.75, 3.05) is 17.2 Å². The van der Waals surface area contributed by atoms with Gasteiger partial charge in [-0.3, -0.25) is 14.8 Å². The number of pyridine rings is 1. The van der Waals surface area contributed by atoms with Crippen LogP contribution in [0.25, 0.3) is 0 Å². The summed E-state index contributed by atoms with van der Waals surface area (Å²) in [6, 6.07) is 13.1. The highest BCUT2D eigenvalue weighted by molar-refractivity contribution is 9.10. The number of carbonyl (C=O) groups is 2. The van der Waals surface area contributed by atoms with Gasteiger partial charge in [0, 0.05) is 33.6 Å². The molecule has 5 rings (SSSR count). The number of rotatable bonds is 2. The van der Waals surface area contributed by atoms with Crippen LogP contribution in [0.5, 0.6) is 5.75 Å². The van der Waals surface area contributed by atoms with Gasteiger partial charge in [0.05, 0.1) is 23.1 Å². The Kier molecular flexibility index (Phi) is 7.36. The quantitative estimate of drug-likeness (QED) is 0.300. The van der Waals surface area contributed by atoms with E-state index in [1.165, 1.54) is 12.1 Å². The number of primary amides is 1. The van der Waals surface area contributed by atoms with Crippen molar-refractivity contribution in [1.29, 1.82) is 0 Å². The maximum absolute atomic E-state index is 11.7. The highest BCUT2D eigenvalue weighted by Crippen LogP contribution is 2.41. The van der Waals surface area contributed by atoms with Crippen molar-refractivity contribution in [2.24, 2.45) is 21.0 Å². The number of carbonyl (C=O) groups excluding carboxylic acids is 2. The molecule has 3 aromatic rings. The fraction of sp³-hybridized carbons (Fsp3) is 0.167. The van der Waals surface area contributed by atoms with Crippen molar-refractivity contribution < 1.29 is 19.8 Å². The Morgan fingerprint density at radius 3 is 2.72 bits per heavy atom. The molecule has 184 valence electrons. The Hall–Kier alpha value is -4.16. The summed E-state index contributed by atoms with van der Waals surface area (Å²) < 4.78 is 0.936. The maximum atomic E-state index is 11.7. The second kappa shape index (κ2) is 10.6. The molecular formula is C24H22BrN7O4. The van der Waals surface area contributed by atoms with Crippen LogP contribution in [0.15, 0.2) is 74.4 Å². The van der Waals surface area contributed by atoms with E-state index in [0.29, 0.717) is 11.3 Å². The van der Waals surface area contributed by atoms with Gasteiger partial charge >= 0.3 is 6.03 Å². The number of anilines is 2. The second-order valence-electron chi connectivity index (χ2n) is 7.96. The first-order valence-electron chi connectivity index (χ1n) is 10.8. The lowest BCUT2D eigenvalue weighted by atomic mass is 10.0. The summed E-state index contributed by atoms with van der Waals surface area (Å²) in [6.45, 7) is 1.92. The molecule has 0 saturated carbocycles. The zero-order valence-electron chi connectivity index (χ0n) is 19.0. The van der Waals surface area contributed by atoms with Gasteiger partial charge in [-0.25, -0.2) is 4.79 Å². The number of benzene rings is 2. The molecule has 6 N–H and O–H groups in total. The Morgan fingerprint density at radius 1 is 1.19 bits per heavy atom. The van der Waals surface area contributed by atoms with Crippen LogP contribution in [-0.4, -0.2) is 45.4 Å². The predicted molar refractivity (Wildman–Crippen MR) is 138 cm³/mol. The maximum Gasteiger partial charge on any atom is 0.356 e. The smallest absolute Gasteiger partial charge is 0.356 e. The largest absolute Gasteiger partial charge is 0.506 e. The molecule has 0 radical (unpaired) electrons. The number of hydrogen-bond donors (Lipinski definition) is 5. The number of aliphatic hydroxyl groups excluding tert-OH is 1. The summed E-state index contributed by atoms with van der Waals surface area (Å²) >= 11 is 3.44. The van der Waals surface area contributed by atoms with Crippen molar-refractivity contribution in [1.82, 2.24) is 4.98 Å². The monoisotopic (exact) mass is 551 g/mol. The first kappa shape index (κ1) is 24.9. The summed E-state index contributed by atoms with van der Waals surface area (Å²) in [5.41, 5.74) is 9.28. The first-order chi connectivity index (χ1) is 17.2. The fourth-order valence-corrected chi connectivity index (χ4v) is 4.07. The lowest BCUT2D eigenvalue weighted by molar-refractivity contribution is -0.114. The van der Waals surface area contributed by atoms with E-state index in [2.05, 4.69) is 46.8 Å². The third-order valence-electron chi connectivity index (χ3n) is 5.38. The number of halogens is 1. The molecule has 0 saturated heterocycles. The number of azo groups is 1. The molecule has 0 aliphatic carbocycles. The third kappa shape index (κ3) is 5.56. The summed E-state index contributed by atoms with van der Waals surface area (Å²) in [5, 5.41) is 32.0. The van der Waals surface area contributed by atoms with E-state index in [0.717, 1.165) is 27.1 Å². The number of amides is 3. The number of nitrogens with one attached hydrogen (secondary N) is 2. The molecular weight excluding hydrogens is 530 g/mol. The van der Waals surface area contributed by atoms with Crippen LogP contribution < -0.4 is 16.4 Å². The molecule has 0 fully saturated rings. The average molecular weight is 552 g/mol. The van der Waals surface area contributed by atoms with Gasteiger partial charge in [0.25, 0.3) is 0 Å². The Balaban J connectivity index is 0.000000170. The lowest BCUT2D eigenvalue weighted by Crippen LogP contribution is -2.14. The molecule has 12 heteroatoms. The molecule has 11 nitrogen and oxygen atoms in total. The van der Waals surface area contributed by atoms with Crippen molar-refractivity contribution in [3.8, 4) is 5.75 Å². The molecule has 36 heavy (non-hydrogen) atoms. The number of hydrogen-bond acceptors (Lipinski definition) is 8. The van der Waals surface area contributed by atoms with Gasteiger partial charge in [0.2, 0.25) is 5.91 Å². The molecule has 3 heterocycles. The molecule has 2 aliphatic heterocycles. The van der Waals surface area contributed by atoms with E-state index in [4.69, 9.17) is 5.73 Å². The molecule has 0 bridgehead atoms. The van der Waals surface area contributed by atoms with Gasteiger partial charge in [-0.1, -0.05) is 27.1 Å². The summed E-state index contributed by atoms with van der Waals surface area (Å²) in [4.78, 5) is 30.8. The number of aromatic nitrogens is 1. The van der Waals surface area contributed by atoms with E-state index in [1.807, 2.05) is 43.3 Å². The molecule has 2 aliphatic rings. The number of benzodiazepines with no additional fused rings is 1. The number of nitrogens with two attached hydrogens (primary N) is 1. The van der Waals surface area contributed by atoms with Gasteiger partial charge in [0.1, 0.15) is 24.1 Å². The summed E-state index contributed by atoms with van der Waals surface area (Å²) in [5.74, 6) is -0.253. The number of phenols is 1. The van der Waals surface area contributed by atoms with Crippen LogP contribution >= 0.6 is 15.9 Å². The minimum Gasteiger partial charge on any atom is -0.506 e. The lowest BCUT2D eigenvalue weighted by Gasteiger charge is -2.09. The van der Waals surface area contributed by atoms with Gasteiger partial charge in [-0.15, -0.1) is 5.11 Å². The van der Waals surface area contributed by atoms with Crippen LogP contribution in [0.1, 0.15) is 29.8 Å². The number of aromatic hydroxyl groups is 1. The number of phenolic OH excluding ortho intramolecular Hbond substituents is 1. The third-order valence-corrected chi connectivity index (χ3v) is 5.87. The van der Waals surface area contributed by atoms with Crippen LogP contribution in [0.2, 0.25) is 0 Å². The van der Waals surface area contributed by atoms with E-state index < -0.39 is 12.1 Å². The van der Waals surface area contributed by atoms with Gasteiger partial charge in [-0.2, -0.15) is 0 Å². The Labute approximate surface area is 214 Å². The van der Waals surface area contributed by atoms with E-state index >= 15 is 0 Å². The Morgan fingerprint density at radius 2 is 2.00 bits per heavy atom. The minimum atomic E-state index is -0.947. The molecule has 2 unspecified atom stereocenters. The molecule has 2 atom stereocenters. The van der Waals surface area contributed by atoms with Crippen LogP contribution in [-0.2, 0) is 4.79 Å². The van der Waals surface area contributed by atoms with Crippen LogP contribution in [0, 0.1) is 0 Å².